The maximum atomic E-state index is 4.66. The fourth-order valence-corrected chi connectivity index (χ4v) is 3.60. The van der Waals surface area contributed by atoms with Crippen LogP contribution in [0.4, 0.5) is 0 Å². The van der Waals surface area contributed by atoms with E-state index in [0.717, 1.165) is 30.5 Å². The Labute approximate surface area is 144 Å². The van der Waals surface area contributed by atoms with Crippen LogP contribution in [0.2, 0.25) is 0 Å². The predicted octanol–water partition coefficient (Wildman–Crippen LogP) is 2.49. The molecule has 0 aliphatic carbocycles. The van der Waals surface area contributed by atoms with Gasteiger partial charge in [-0.2, -0.15) is 0 Å². The molecule has 6 heteroatoms. The predicted molar refractivity (Wildman–Crippen MR) is 99.1 cm³/mol. The average molecular weight is 338 g/mol. The fraction of sp³-hybridized carbons (Fsp3) is 0.765. The molecule has 0 saturated carbocycles. The summed E-state index contributed by atoms with van der Waals surface area (Å²) in [6.07, 6.45) is 5.73. The molecular weight excluding hydrogens is 306 g/mol. The van der Waals surface area contributed by atoms with Gasteiger partial charge in [0.1, 0.15) is 5.01 Å². The van der Waals surface area contributed by atoms with E-state index in [1.807, 2.05) is 6.20 Å². The highest BCUT2D eigenvalue weighted by atomic mass is 32.1. The number of nitrogens with zero attached hydrogens (tertiary/aromatic N) is 3. The van der Waals surface area contributed by atoms with Gasteiger partial charge in [0.25, 0.3) is 0 Å². The first-order valence-electron chi connectivity index (χ1n) is 8.89. The Hall–Kier alpha value is -1.14. The van der Waals surface area contributed by atoms with E-state index < -0.39 is 0 Å². The molecule has 0 spiro atoms. The van der Waals surface area contributed by atoms with E-state index in [4.69, 9.17) is 0 Å². The van der Waals surface area contributed by atoms with Crippen molar-refractivity contribution >= 4 is 17.3 Å². The number of aryl methyl sites for hydroxylation is 1. The van der Waals surface area contributed by atoms with Crippen molar-refractivity contribution in [3.05, 3.63) is 16.1 Å². The molecule has 0 radical (unpaired) electrons. The van der Waals surface area contributed by atoms with E-state index in [1.54, 1.807) is 11.3 Å². The lowest BCUT2D eigenvalue weighted by molar-refractivity contribution is 0.287. The summed E-state index contributed by atoms with van der Waals surface area (Å²) in [6.45, 7) is 12.8. The third-order valence-corrected chi connectivity index (χ3v) is 5.18. The van der Waals surface area contributed by atoms with Gasteiger partial charge in [-0.25, -0.2) is 9.98 Å². The van der Waals surface area contributed by atoms with Crippen molar-refractivity contribution in [1.29, 1.82) is 0 Å². The summed E-state index contributed by atoms with van der Waals surface area (Å²) < 4.78 is 0. The minimum atomic E-state index is 0.628. The first-order chi connectivity index (χ1) is 11.2. The summed E-state index contributed by atoms with van der Waals surface area (Å²) in [4.78, 5) is 13.0. The molecule has 1 aromatic heterocycles. The maximum absolute atomic E-state index is 4.66. The van der Waals surface area contributed by atoms with Crippen molar-refractivity contribution < 1.29 is 0 Å². The van der Waals surface area contributed by atoms with Crippen molar-refractivity contribution in [3.63, 3.8) is 0 Å². The molecule has 1 fully saturated rings. The molecule has 5 nitrogen and oxygen atoms in total. The first-order valence-corrected chi connectivity index (χ1v) is 9.71. The molecule has 23 heavy (non-hydrogen) atoms. The second-order valence-electron chi connectivity index (χ2n) is 6.26. The molecule has 2 heterocycles. The van der Waals surface area contributed by atoms with Crippen LogP contribution >= 0.6 is 11.3 Å². The largest absolute Gasteiger partial charge is 0.357 e. The number of aliphatic imine (C=N–C) groups is 1. The zero-order valence-corrected chi connectivity index (χ0v) is 15.6. The molecule has 1 saturated heterocycles. The van der Waals surface area contributed by atoms with Gasteiger partial charge in [0.2, 0.25) is 0 Å². The normalized spacial score (nSPS) is 17.4. The van der Waals surface area contributed by atoms with Gasteiger partial charge >= 0.3 is 0 Å². The summed E-state index contributed by atoms with van der Waals surface area (Å²) in [5, 5.41) is 7.89. The molecule has 1 aliphatic heterocycles. The zero-order chi connectivity index (χ0) is 16.5. The highest BCUT2D eigenvalue weighted by Gasteiger charge is 2.14. The van der Waals surface area contributed by atoms with Gasteiger partial charge in [0.15, 0.2) is 5.96 Å². The van der Waals surface area contributed by atoms with Gasteiger partial charge in [0.05, 0.1) is 6.54 Å². The Morgan fingerprint density at radius 2 is 2.13 bits per heavy atom. The van der Waals surface area contributed by atoms with Gasteiger partial charge in [0, 0.05) is 30.7 Å². The Bertz CT molecular complexity index is 479. The summed E-state index contributed by atoms with van der Waals surface area (Å²) in [5.41, 5.74) is 0. The number of thiazole rings is 1. The van der Waals surface area contributed by atoms with E-state index >= 15 is 0 Å². The molecule has 1 aliphatic rings. The molecule has 1 unspecified atom stereocenters. The second-order valence-corrected chi connectivity index (χ2v) is 7.46. The lowest BCUT2D eigenvalue weighted by Gasteiger charge is -2.21. The second kappa shape index (κ2) is 9.88. The Morgan fingerprint density at radius 3 is 2.78 bits per heavy atom. The smallest absolute Gasteiger partial charge is 0.191 e. The summed E-state index contributed by atoms with van der Waals surface area (Å²) >= 11 is 1.76. The molecule has 1 atom stereocenters. The highest BCUT2D eigenvalue weighted by molar-refractivity contribution is 7.11. The number of hydrogen-bond acceptors (Lipinski definition) is 4. The first kappa shape index (κ1) is 18.2. The number of likely N-dealkylation sites (tertiary alicyclic amines) is 1. The minimum absolute atomic E-state index is 0.628. The topological polar surface area (TPSA) is 52.6 Å². The number of hydrogen-bond donors (Lipinski definition) is 2. The van der Waals surface area contributed by atoms with Crippen LogP contribution in [0.15, 0.2) is 11.2 Å². The number of guanidine groups is 1. The Balaban J connectivity index is 1.78. The zero-order valence-electron chi connectivity index (χ0n) is 14.8. The fourth-order valence-electron chi connectivity index (χ4n) is 2.81. The van der Waals surface area contributed by atoms with E-state index in [2.05, 4.69) is 46.3 Å². The van der Waals surface area contributed by atoms with Crippen molar-refractivity contribution in [2.24, 2.45) is 10.9 Å². The van der Waals surface area contributed by atoms with E-state index in [0.29, 0.717) is 12.5 Å². The van der Waals surface area contributed by atoms with Crippen LogP contribution in [0, 0.1) is 5.92 Å². The number of nitrogens with one attached hydrogen (secondary N) is 2. The quantitative estimate of drug-likeness (QED) is 0.565. The highest BCUT2D eigenvalue weighted by Crippen LogP contribution is 2.14. The average Bonchev–Trinajstić information content (AvgIpc) is 3.21. The number of rotatable bonds is 8. The van der Waals surface area contributed by atoms with Crippen LogP contribution in [-0.2, 0) is 13.0 Å². The summed E-state index contributed by atoms with van der Waals surface area (Å²) in [6, 6.07) is 0. The lowest BCUT2D eigenvalue weighted by atomic mass is 10.1. The van der Waals surface area contributed by atoms with Gasteiger partial charge in [-0.15, -0.1) is 11.3 Å². The molecular formula is C17H31N5S. The van der Waals surface area contributed by atoms with Crippen LogP contribution < -0.4 is 10.6 Å². The molecule has 2 rings (SSSR count). The minimum Gasteiger partial charge on any atom is -0.357 e. The van der Waals surface area contributed by atoms with Crippen molar-refractivity contribution in [2.45, 2.75) is 46.6 Å². The van der Waals surface area contributed by atoms with Gasteiger partial charge in [-0.05, 0) is 45.2 Å². The molecule has 130 valence electrons. The third kappa shape index (κ3) is 6.47. The van der Waals surface area contributed by atoms with Crippen LogP contribution in [0.3, 0.4) is 0 Å². The molecule has 2 N–H and O–H groups in total. The summed E-state index contributed by atoms with van der Waals surface area (Å²) in [7, 11) is 0. The Morgan fingerprint density at radius 1 is 1.35 bits per heavy atom. The Kier molecular flexibility index (Phi) is 7.82. The van der Waals surface area contributed by atoms with Crippen LogP contribution in [0.1, 0.15) is 43.5 Å². The van der Waals surface area contributed by atoms with Crippen LogP contribution in [0.5, 0.6) is 0 Å². The van der Waals surface area contributed by atoms with Crippen LogP contribution in [-0.4, -0.2) is 48.6 Å². The SMILES string of the molecule is CCNC(=NCc1ncc(CC)s1)NCC(C)CN1CCCC1. The van der Waals surface area contributed by atoms with E-state index in [9.17, 15) is 0 Å². The summed E-state index contributed by atoms with van der Waals surface area (Å²) in [5.74, 6) is 1.53. The van der Waals surface area contributed by atoms with E-state index in [-0.39, 0.29) is 0 Å². The lowest BCUT2D eigenvalue weighted by Crippen LogP contribution is -2.41. The van der Waals surface area contributed by atoms with Gasteiger partial charge in [-0.3, -0.25) is 0 Å². The van der Waals surface area contributed by atoms with Crippen molar-refractivity contribution in [1.82, 2.24) is 20.5 Å². The van der Waals surface area contributed by atoms with Gasteiger partial charge in [-0.1, -0.05) is 13.8 Å². The molecule has 0 bridgehead atoms. The number of aromatic nitrogens is 1. The molecule has 0 amide bonds. The maximum Gasteiger partial charge on any atom is 0.191 e. The monoisotopic (exact) mass is 337 g/mol. The van der Waals surface area contributed by atoms with E-state index in [1.165, 1.54) is 37.4 Å². The van der Waals surface area contributed by atoms with Gasteiger partial charge < -0.3 is 15.5 Å². The van der Waals surface area contributed by atoms with Crippen molar-refractivity contribution in [3.8, 4) is 0 Å². The van der Waals surface area contributed by atoms with Crippen molar-refractivity contribution in [2.75, 3.05) is 32.7 Å². The van der Waals surface area contributed by atoms with Crippen LogP contribution in [0.25, 0.3) is 0 Å². The third-order valence-electron chi connectivity index (χ3n) is 4.05. The molecule has 1 aromatic rings. The standard InChI is InChI=1S/C17H31N5S/c1-4-15-11-19-16(23-15)12-21-17(18-5-2)20-10-14(3)13-22-8-6-7-9-22/h11,14H,4-10,12-13H2,1-3H3,(H2,18,20,21). The molecule has 0 aromatic carbocycles.